The topological polar surface area (TPSA) is 93.7 Å². The molecule has 0 saturated heterocycles. The average molecular weight is 360 g/mol. The second-order valence-corrected chi connectivity index (χ2v) is 6.29. The zero-order chi connectivity index (χ0) is 18.5. The number of ketones is 1. The second-order valence-electron chi connectivity index (χ2n) is 6.29. The highest BCUT2D eigenvalue weighted by atomic mass is 16.5. The van der Waals surface area contributed by atoms with E-state index >= 15 is 0 Å². The lowest BCUT2D eigenvalue weighted by Crippen LogP contribution is -2.39. The molecule has 0 atom stereocenters. The van der Waals surface area contributed by atoms with Crippen LogP contribution in [0.5, 0.6) is 0 Å². The molecule has 1 aliphatic carbocycles. The molecule has 0 spiro atoms. The maximum atomic E-state index is 11.9. The summed E-state index contributed by atoms with van der Waals surface area (Å²) in [7, 11) is 0. The van der Waals surface area contributed by atoms with E-state index in [4.69, 9.17) is 9.47 Å². The van der Waals surface area contributed by atoms with E-state index in [0.717, 1.165) is 25.7 Å². The lowest BCUT2D eigenvalue weighted by molar-refractivity contribution is -0.126. The van der Waals surface area contributed by atoms with Crippen LogP contribution in [-0.4, -0.2) is 56.6 Å². The van der Waals surface area contributed by atoms with Crippen LogP contribution in [0, 0.1) is 5.92 Å². The number of carbonyl (C=O) groups excluding carboxylic acids is 3. The van der Waals surface area contributed by atoms with Crippen molar-refractivity contribution in [3.05, 3.63) is 0 Å². The molecule has 1 rings (SSSR count). The lowest BCUT2D eigenvalue weighted by atomic mass is 9.83. The molecule has 0 bridgehead atoms. The van der Waals surface area contributed by atoms with E-state index in [1.807, 2.05) is 13.8 Å². The maximum Gasteiger partial charge on any atom is 0.246 e. The summed E-state index contributed by atoms with van der Waals surface area (Å²) in [6, 6.07) is 0.172. The van der Waals surface area contributed by atoms with Gasteiger partial charge in [-0.2, -0.15) is 0 Å². The van der Waals surface area contributed by atoms with Gasteiger partial charge in [0.2, 0.25) is 11.8 Å². The van der Waals surface area contributed by atoms with Crippen LogP contribution in [0.3, 0.4) is 0 Å². The Balaban J connectivity index is 0. The maximum absolute atomic E-state index is 11.9. The van der Waals surface area contributed by atoms with Gasteiger partial charge in [0.15, 0.2) is 0 Å². The molecule has 148 valence electrons. The summed E-state index contributed by atoms with van der Waals surface area (Å²) in [4.78, 5) is 34.8. The van der Waals surface area contributed by atoms with E-state index in [0.29, 0.717) is 45.0 Å². The smallest absolute Gasteiger partial charge is 0.246 e. The zero-order valence-corrected chi connectivity index (χ0v) is 15.5. The van der Waals surface area contributed by atoms with E-state index < -0.39 is 0 Å². The van der Waals surface area contributed by atoms with Gasteiger partial charge in [0.05, 0.1) is 13.2 Å². The molecule has 1 saturated carbocycles. The lowest BCUT2D eigenvalue weighted by Gasteiger charge is -2.28. The molecule has 0 radical (unpaired) electrons. The van der Waals surface area contributed by atoms with Crippen molar-refractivity contribution in [1.82, 2.24) is 10.6 Å². The number of carbonyl (C=O) groups is 3. The Bertz CT molecular complexity index is 430. The summed E-state index contributed by atoms with van der Waals surface area (Å²) in [6.45, 7) is 5.41. The molecule has 0 unspecified atom stereocenters. The Morgan fingerprint density at radius 1 is 1.00 bits per heavy atom. The first-order chi connectivity index (χ1) is 12.1. The summed E-state index contributed by atoms with van der Waals surface area (Å²) in [5, 5.41) is 5.68. The standard InChI is InChI=1S/C18H32N2O5.2H2/c1-3-16(21)14-5-7-15(8-6-14)20-17(22)9-11-25-12-10-19-18(23)13-24-4-2;;/h14-15H,3-13H2,1-2H3,(H,19,23)(H,20,22);2*1H. The van der Waals surface area contributed by atoms with Crippen LogP contribution in [0.2, 0.25) is 0 Å². The summed E-state index contributed by atoms with van der Waals surface area (Å²) < 4.78 is 10.3. The predicted octanol–water partition coefficient (Wildman–Crippen LogP) is 1.69. The third-order valence-corrected chi connectivity index (χ3v) is 4.38. The van der Waals surface area contributed by atoms with Crippen molar-refractivity contribution in [3.63, 3.8) is 0 Å². The third kappa shape index (κ3) is 9.55. The first-order valence-electron chi connectivity index (χ1n) is 9.31. The molecule has 1 fully saturated rings. The fraction of sp³-hybridized carbons (Fsp3) is 0.833. The van der Waals surface area contributed by atoms with Gasteiger partial charge in [-0.1, -0.05) is 6.92 Å². The van der Waals surface area contributed by atoms with Crippen LogP contribution in [0.25, 0.3) is 0 Å². The van der Waals surface area contributed by atoms with E-state index in [-0.39, 0.29) is 33.2 Å². The van der Waals surface area contributed by atoms with Crippen molar-refractivity contribution in [3.8, 4) is 0 Å². The number of rotatable bonds is 12. The number of hydrogen-bond donors (Lipinski definition) is 2. The van der Waals surface area contributed by atoms with Crippen molar-refractivity contribution < 1.29 is 26.7 Å². The van der Waals surface area contributed by atoms with Gasteiger partial charge in [-0.15, -0.1) is 0 Å². The minimum atomic E-state index is -0.166. The van der Waals surface area contributed by atoms with Gasteiger partial charge < -0.3 is 20.1 Å². The van der Waals surface area contributed by atoms with Gasteiger partial charge in [0, 0.05) is 40.8 Å². The van der Waals surface area contributed by atoms with Crippen LogP contribution in [-0.2, 0) is 23.9 Å². The van der Waals surface area contributed by atoms with Gasteiger partial charge in [-0.05, 0) is 32.6 Å². The third-order valence-electron chi connectivity index (χ3n) is 4.38. The molecule has 1 aliphatic rings. The van der Waals surface area contributed by atoms with Crippen molar-refractivity contribution in [2.45, 2.75) is 58.4 Å². The van der Waals surface area contributed by atoms with E-state index in [1.165, 1.54) is 0 Å². The molecule has 0 aliphatic heterocycles. The molecule has 2 N–H and O–H groups in total. The number of ether oxygens (including phenoxy) is 2. The van der Waals surface area contributed by atoms with Crippen molar-refractivity contribution >= 4 is 17.6 Å². The van der Waals surface area contributed by atoms with Crippen molar-refractivity contribution in [2.24, 2.45) is 5.92 Å². The van der Waals surface area contributed by atoms with Gasteiger partial charge in [0.1, 0.15) is 12.4 Å². The van der Waals surface area contributed by atoms with Gasteiger partial charge in [-0.25, -0.2) is 0 Å². The van der Waals surface area contributed by atoms with E-state index in [2.05, 4.69) is 10.6 Å². The van der Waals surface area contributed by atoms with Crippen LogP contribution in [0.1, 0.15) is 55.2 Å². The Hall–Kier alpha value is -1.47. The molecule has 7 heteroatoms. The SMILES string of the molecule is CCOCC(=O)NCCOCCC(=O)NC1CCC(C(=O)CC)CC1.[HH].[HH]. The Kier molecular flexibility index (Phi) is 11.1. The van der Waals surface area contributed by atoms with Gasteiger partial charge in [-0.3, -0.25) is 14.4 Å². The van der Waals surface area contributed by atoms with Gasteiger partial charge in [0.25, 0.3) is 0 Å². The summed E-state index contributed by atoms with van der Waals surface area (Å²) in [6.07, 6.45) is 4.39. The quantitative estimate of drug-likeness (QED) is 0.517. The fourth-order valence-corrected chi connectivity index (χ4v) is 2.92. The highest BCUT2D eigenvalue weighted by Crippen LogP contribution is 2.25. The van der Waals surface area contributed by atoms with Crippen LogP contribution >= 0.6 is 0 Å². The Morgan fingerprint density at radius 3 is 2.36 bits per heavy atom. The molecular formula is C18H36N2O5. The average Bonchev–Trinajstić information content (AvgIpc) is 2.62. The first-order valence-corrected chi connectivity index (χ1v) is 9.31. The van der Waals surface area contributed by atoms with Crippen LogP contribution < -0.4 is 10.6 Å². The summed E-state index contributed by atoms with van der Waals surface area (Å²) in [5.74, 6) is 0.331. The molecule has 0 aromatic carbocycles. The van der Waals surface area contributed by atoms with Crippen molar-refractivity contribution in [2.75, 3.05) is 33.0 Å². The van der Waals surface area contributed by atoms with Crippen LogP contribution in [0.4, 0.5) is 0 Å². The summed E-state index contributed by atoms with van der Waals surface area (Å²) >= 11 is 0. The van der Waals surface area contributed by atoms with E-state index in [1.54, 1.807) is 0 Å². The minimum Gasteiger partial charge on any atom is -0.379 e. The normalized spacial score (nSPS) is 20.1. The zero-order valence-electron chi connectivity index (χ0n) is 15.5. The molecule has 25 heavy (non-hydrogen) atoms. The summed E-state index contributed by atoms with van der Waals surface area (Å²) in [5.41, 5.74) is 0. The first kappa shape index (κ1) is 21.6. The molecule has 0 heterocycles. The predicted molar refractivity (Wildman–Crippen MR) is 98.4 cm³/mol. The van der Waals surface area contributed by atoms with Gasteiger partial charge >= 0.3 is 0 Å². The second kappa shape index (κ2) is 12.8. The Labute approximate surface area is 153 Å². The molecule has 2 amide bonds. The minimum absolute atomic E-state index is 0. The number of nitrogens with one attached hydrogen (secondary N) is 2. The highest BCUT2D eigenvalue weighted by molar-refractivity contribution is 5.81. The monoisotopic (exact) mass is 360 g/mol. The number of amides is 2. The molecule has 0 aromatic heterocycles. The van der Waals surface area contributed by atoms with Crippen LogP contribution in [0.15, 0.2) is 0 Å². The largest absolute Gasteiger partial charge is 0.379 e. The molecule has 7 nitrogen and oxygen atoms in total. The molecular weight excluding hydrogens is 324 g/mol. The number of hydrogen-bond acceptors (Lipinski definition) is 5. The van der Waals surface area contributed by atoms with Crippen molar-refractivity contribution in [1.29, 1.82) is 0 Å². The van der Waals surface area contributed by atoms with E-state index in [9.17, 15) is 14.4 Å². The number of Topliss-reactive ketones (excluding diaryl/α,β-unsaturated/α-hetero) is 1. The highest BCUT2D eigenvalue weighted by Gasteiger charge is 2.25. The Morgan fingerprint density at radius 2 is 1.72 bits per heavy atom. The molecule has 0 aromatic rings. The fourth-order valence-electron chi connectivity index (χ4n) is 2.92.